The maximum Gasteiger partial charge on any atom is 0.0558 e. The zero-order valence-electron chi connectivity index (χ0n) is 7.92. The summed E-state index contributed by atoms with van der Waals surface area (Å²) in [4.78, 5) is 2.33. The number of aliphatic hydroxyl groups excluding tert-OH is 1. The van der Waals surface area contributed by atoms with Gasteiger partial charge in [0, 0.05) is 32.2 Å². The molecule has 1 atom stereocenters. The van der Waals surface area contributed by atoms with Crippen molar-refractivity contribution in [1.29, 1.82) is 0 Å². The highest BCUT2D eigenvalue weighted by molar-refractivity contribution is 4.77. The Labute approximate surface area is 74.8 Å². The third-order valence-electron chi connectivity index (χ3n) is 2.39. The van der Waals surface area contributed by atoms with Crippen LogP contribution in [0.4, 0.5) is 0 Å². The fourth-order valence-corrected chi connectivity index (χ4v) is 1.78. The zero-order valence-corrected chi connectivity index (χ0v) is 7.92. The van der Waals surface area contributed by atoms with E-state index in [-0.39, 0.29) is 0 Å². The molecule has 0 aromatic carbocycles. The first kappa shape index (κ1) is 9.96. The van der Waals surface area contributed by atoms with Gasteiger partial charge in [-0.1, -0.05) is 13.3 Å². The maximum absolute atomic E-state index is 8.77. The number of rotatable bonds is 4. The molecule has 0 aromatic rings. The molecule has 1 aliphatic heterocycles. The van der Waals surface area contributed by atoms with Crippen molar-refractivity contribution in [3.63, 3.8) is 0 Å². The summed E-state index contributed by atoms with van der Waals surface area (Å²) in [6.45, 7) is 6.60. The highest BCUT2D eigenvalue weighted by Gasteiger charge is 2.17. The van der Waals surface area contributed by atoms with Crippen LogP contribution in [0.1, 0.15) is 19.8 Å². The van der Waals surface area contributed by atoms with Crippen LogP contribution < -0.4 is 5.32 Å². The number of piperazine rings is 1. The van der Waals surface area contributed by atoms with Crippen LogP contribution in [0.5, 0.6) is 0 Å². The van der Waals surface area contributed by atoms with E-state index in [9.17, 15) is 0 Å². The minimum Gasteiger partial charge on any atom is -0.395 e. The molecule has 3 heteroatoms. The molecule has 0 spiro atoms. The van der Waals surface area contributed by atoms with Crippen LogP contribution in [-0.4, -0.2) is 48.8 Å². The first-order chi connectivity index (χ1) is 5.86. The standard InChI is InChI=1S/C9H20N2O/c1-2-3-9-8-11(6-7-12)5-4-10-9/h9-10,12H,2-8H2,1H3. The van der Waals surface area contributed by atoms with Crippen molar-refractivity contribution in [1.82, 2.24) is 10.2 Å². The van der Waals surface area contributed by atoms with E-state index in [1.54, 1.807) is 0 Å². The SMILES string of the molecule is CCCC1CN(CCO)CCN1. The molecule has 0 aliphatic carbocycles. The van der Waals surface area contributed by atoms with E-state index in [4.69, 9.17) is 5.11 Å². The second-order valence-electron chi connectivity index (χ2n) is 3.46. The summed E-state index contributed by atoms with van der Waals surface area (Å²) in [5.74, 6) is 0. The second-order valence-corrected chi connectivity index (χ2v) is 3.46. The van der Waals surface area contributed by atoms with Gasteiger partial charge in [0.15, 0.2) is 0 Å². The summed E-state index contributed by atoms with van der Waals surface area (Å²) in [5, 5.41) is 12.3. The topological polar surface area (TPSA) is 35.5 Å². The van der Waals surface area contributed by atoms with Crippen LogP contribution >= 0.6 is 0 Å². The number of aliphatic hydroxyl groups is 1. The number of nitrogens with zero attached hydrogens (tertiary/aromatic N) is 1. The lowest BCUT2D eigenvalue weighted by Crippen LogP contribution is -2.51. The lowest BCUT2D eigenvalue weighted by molar-refractivity contribution is 0.154. The average Bonchev–Trinajstić information content (AvgIpc) is 2.06. The molecule has 1 aliphatic rings. The minimum atomic E-state index is 0.291. The van der Waals surface area contributed by atoms with Crippen molar-refractivity contribution in [2.24, 2.45) is 0 Å². The monoisotopic (exact) mass is 172 g/mol. The highest BCUT2D eigenvalue weighted by atomic mass is 16.3. The van der Waals surface area contributed by atoms with Gasteiger partial charge in [0.25, 0.3) is 0 Å². The molecule has 3 nitrogen and oxygen atoms in total. The third kappa shape index (κ3) is 3.09. The first-order valence-electron chi connectivity index (χ1n) is 4.93. The van der Waals surface area contributed by atoms with E-state index in [1.165, 1.54) is 12.8 Å². The van der Waals surface area contributed by atoms with Crippen molar-refractivity contribution in [2.75, 3.05) is 32.8 Å². The molecule has 1 unspecified atom stereocenters. The van der Waals surface area contributed by atoms with Crippen molar-refractivity contribution in [2.45, 2.75) is 25.8 Å². The minimum absolute atomic E-state index is 0.291. The Hall–Kier alpha value is -0.120. The molecule has 1 rings (SSSR count). The smallest absolute Gasteiger partial charge is 0.0558 e. The van der Waals surface area contributed by atoms with Gasteiger partial charge in [-0.15, -0.1) is 0 Å². The van der Waals surface area contributed by atoms with E-state index in [2.05, 4.69) is 17.1 Å². The molecule has 0 bridgehead atoms. The van der Waals surface area contributed by atoms with Crippen molar-refractivity contribution < 1.29 is 5.11 Å². The molecule has 1 saturated heterocycles. The van der Waals surface area contributed by atoms with Gasteiger partial charge >= 0.3 is 0 Å². The molecule has 2 N–H and O–H groups in total. The number of hydrogen-bond acceptors (Lipinski definition) is 3. The molecule has 1 heterocycles. The summed E-state index contributed by atoms with van der Waals surface area (Å²) in [7, 11) is 0. The van der Waals surface area contributed by atoms with E-state index < -0.39 is 0 Å². The molecule has 0 amide bonds. The summed E-state index contributed by atoms with van der Waals surface area (Å²) in [6.07, 6.45) is 2.49. The predicted octanol–water partition coefficient (Wildman–Crippen LogP) is 0.0526. The van der Waals surface area contributed by atoms with Crippen LogP contribution in [0.3, 0.4) is 0 Å². The molecule has 1 fully saturated rings. The van der Waals surface area contributed by atoms with E-state index in [0.29, 0.717) is 12.6 Å². The van der Waals surface area contributed by atoms with Crippen LogP contribution in [0.15, 0.2) is 0 Å². The van der Waals surface area contributed by atoms with Gasteiger partial charge in [-0.3, -0.25) is 4.90 Å². The quantitative estimate of drug-likeness (QED) is 0.629. The van der Waals surface area contributed by atoms with Gasteiger partial charge in [-0.25, -0.2) is 0 Å². The van der Waals surface area contributed by atoms with Gasteiger partial charge in [0.05, 0.1) is 6.61 Å². The Morgan fingerprint density at radius 2 is 2.42 bits per heavy atom. The molecule has 0 radical (unpaired) electrons. The van der Waals surface area contributed by atoms with Crippen LogP contribution in [0.25, 0.3) is 0 Å². The Balaban J connectivity index is 2.20. The molecular weight excluding hydrogens is 152 g/mol. The van der Waals surface area contributed by atoms with Crippen LogP contribution in [0, 0.1) is 0 Å². The van der Waals surface area contributed by atoms with Gasteiger partial charge in [-0.05, 0) is 6.42 Å². The molecular formula is C9H20N2O. The largest absolute Gasteiger partial charge is 0.395 e. The average molecular weight is 172 g/mol. The Morgan fingerprint density at radius 1 is 1.58 bits per heavy atom. The number of hydrogen-bond donors (Lipinski definition) is 2. The van der Waals surface area contributed by atoms with E-state index >= 15 is 0 Å². The molecule has 0 saturated carbocycles. The van der Waals surface area contributed by atoms with E-state index in [0.717, 1.165) is 26.2 Å². The van der Waals surface area contributed by atoms with Crippen molar-refractivity contribution in [3.05, 3.63) is 0 Å². The summed E-state index contributed by atoms with van der Waals surface area (Å²) >= 11 is 0. The van der Waals surface area contributed by atoms with Gasteiger partial charge < -0.3 is 10.4 Å². The predicted molar refractivity (Wildman–Crippen MR) is 50.2 cm³/mol. The molecule has 72 valence electrons. The van der Waals surface area contributed by atoms with Crippen molar-refractivity contribution in [3.8, 4) is 0 Å². The normalized spacial score (nSPS) is 26.0. The van der Waals surface area contributed by atoms with E-state index in [1.807, 2.05) is 0 Å². The first-order valence-corrected chi connectivity index (χ1v) is 4.93. The second kappa shape index (κ2) is 5.51. The Bertz CT molecular complexity index is 103. The lowest BCUT2D eigenvalue weighted by Gasteiger charge is -2.33. The van der Waals surface area contributed by atoms with Gasteiger partial charge in [-0.2, -0.15) is 0 Å². The molecule has 12 heavy (non-hydrogen) atoms. The van der Waals surface area contributed by atoms with Crippen molar-refractivity contribution >= 4 is 0 Å². The Morgan fingerprint density at radius 3 is 3.08 bits per heavy atom. The van der Waals surface area contributed by atoms with Gasteiger partial charge in [0.2, 0.25) is 0 Å². The number of nitrogens with one attached hydrogen (secondary N) is 1. The van der Waals surface area contributed by atoms with Gasteiger partial charge in [0.1, 0.15) is 0 Å². The lowest BCUT2D eigenvalue weighted by atomic mass is 10.1. The molecule has 0 aromatic heterocycles. The summed E-state index contributed by atoms with van der Waals surface area (Å²) in [6, 6.07) is 0.648. The summed E-state index contributed by atoms with van der Waals surface area (Å²) < 4.78 is 0. The fraction of sp³-hybridized carbons (Fsp3) is 1.00. The highest BCUT2D eigenvalue weighted by Crippen LogP contribution is 2.03. The Kier molecular flexibility index (Phi) is 4.58. The number of β-amino-alcohol motifs (C(OH)–C–C–N with tert-alkyl or cyclic N) is 1. The van der Waals surface area contributed by atoms with Crippen LogP contribution in [-0.2, 0) is 0 Å². The van der Waals surface area contributed by atoms with Crippen LogP contribution in [0.2, 0.25) is 0 Å². The summed E-state index contributed by atoms with van der Waals surface area (Å²) in [5.41, 5.74) is 0. The maximum atomic E-state index is 8.77. The zero-order chi connectivity index (χ0) is 8.81. The fourth-order valence-electron chi connectivity index (χ4n) is 1.78. The third-order valence-corrected chi connectivity index (χ3v) is 2.39.